The van der Waals surface area contributed by atoms with E-state index in [0.29, 0.717) is 19.6 Å². The molecule has 61 heavy (non-hydrogen) atoms. The molecular weight excluding hydrogens is 768 g/mol. The van der Waals surface area contributed by atoms with E-state index < -0.39 is 5.91 Å². The van der Waals surface area contributed by atoms with Crippen molar-refractivity contribution in [2.75, 3.05) is 0 Å². The topological polar surface area (TPSA) is 134 Å². The van der Waals surface area contributed by atoms with E-state index in [0.717, 1.165) is 80.9 Å². The molecule has 4 aromatic carbocycles. The summed E-state index contributed by atoms with van der Waals surface area (Å²) in [4.78, 5) is 58.1. The number of H-pyrrole nitrogens is 2. The summed E-state index contributed by atoms with van der Waals surface area (Å²) in [5.41, 5.74) is 7.13. The van der Waals surface area contributed by atoms with E-state index in [1.807, 2.05) is 97.6 Å². The Hall–Kier alpha value is -7.27. The number of amides is 2. The second kappa shape index (κ2) is 19.7. The fourth-order valence-corrected chi connectivity index (χ4v) is 7.12. The van der Waals surface area contributed by atoms with Crippen molar-refractivity contribution in [2.24, 2.45) is 0 Å². The standard InChI is InChI=1S/C25H24FN3O2.C25H25N3O2/c1-2-3-12-29-16-20(18-6-9-23-19(13-18)10-11-27-23)14-22(25(29)31)24(30)28-15-17-4-7-21(26)8-5-17;1-2-3-13-28-17-21(19-9-10-23-20(14-19)11-12-26-23)15-22(25(28)30)24(29)27-16-18-7-5-4-6-8-18/h4-11,13-14,16,27H,2-3,12,15H2,1H3,(H,28,30);4-12,14-15,17,26H,2-3,13,16H2,1H3,(H,27,29). The number of carbonyl (C=O) groups excluding carboxylic acids is 2. The Morgan fingerprint density at radius 1 is 0.557 bits per heavy atom. The van der Waals surface area contributed by atoms with Gasteiger partial charge in [-0.25, -0.2) is 4.39 Å². The molecule has 0 spiro atoms. The van der Waals surface area contributed by atoms with Gasteiger partial charge >= 0.3 is 0 Å². The highest BCUT2D eigenvalue weighted by Gasteiger charge is 2.17. The predicted octanol–water partition coefficient (Wildman–Crippen LogP) is 9.59. The number of nitrogens with one attached hydrogen (secondary N) is 4. The number of halogens is 1. The number of unbranched alkanes of at least 4 members (excludes halogenated alkanes) is 2. The first-order valence-corrected chi connectivity index (χ1v) is 20.7. The largest absolute Gasteiger partial charge is 0.361 e. The zero-order valence-electron chi connectivity index (χ0n) is 34.3. The number of fused-ring (bicyclic) bond motifs is 2. The van der Waals surface area contributed by atoms with Crippen LogP contribution in [0.15, 0.2) is 150 Å². The molecule has 0 unspecified atom stereocenters. The molecule has 0 aliphatic rings. The van der Waals surface area contributed by atoms with Crippen LogP contribution in [0.1, 0.15) is 71.4 Å². The Balaban J connectivity index is 0.000000184. The van der Waals surface area contributed by atoms with Crippen LogP contribution in [0.25, 0.3) is 44.1 Å². The molecule has 0 aliphatic heterocycles. The lowest BCUT2D eigenvalue weighted by Gasteiger charge is -2.12. The quantitative estimate of drug-likeness (QED) is 0.0870. The first-order chi connectivity index (χ1) is 29.7. The summed E-state index contributed by atoms with van der Waals surface area (Å²) >= 11 is 0. The Labute approximate surface area is 353 Å². The van der Waals surface area contributed by atoms with Crippen molar-refractivity contribution >= 4 is 33.6 Å². The van der Waals surface area contributed by atoms with Crippen LogP contribution in [0.3, 0.4) is 0 Å². The third-order valence-electron chi connectivity index (χ3n) is 10.6. The van der Waals surface area contributed by atoms with Gasteiger partial charge in [0, 0.05) is 62.0 Å². The molecule has 0 fully saturated rings. The lowest BCUT2D eigenvalue weighted by Crippen LogP contribution is -2.33. The van der Waals surface area contributed by atoms with Crippen LogP contribution in [0.5, 0.6) is 0 Å². The highest BCUT2D eigenvalue weighted by atomic mass is 19.1. The fraction of sp³-hybridized carbons (Fsp3) is 0.200. The van der Waals surface area contributed by atoms with Gasteiger partial charge in [0.25, 0.3) is 22.9 Å². The number of aromatic nitrogens is 4. The summed E-state index contributed by atoms with van der Waals surface area (Å²) in [7, 11) is 0. The van der Waals surface area contributed by atoms with E-state index in [9.17, 15) is 23.6 Å². The number of hydrogen-bond acceptors (Lipinski definition) is 4. The van der Waals surface area contributed by atoms with Crippen molar-refractivity contribution in [1.82, 2.24) is 29.7 Å². The van der Waals surface area contributed by atoms with Crippen molar-refractivity contribution in [3.05, 3.63) is 189 Å². The summed E-state index contributed by atoms with van der Waals surface area (Å²) in [6.45, 7) is 5.89. The summed E-state index contributed by atoms with van der Waals surface area (Å²) in [6.07, 6.45) is 11.1. The molecule has 4 aromatic heterocycles. The second-order valence-corrected chi connectivity index (χ2v) is 15.0. The maximum atomic E-state index is 13.1. The number of carbonyl (C=O) groups is 2. The summed E-state index contributed by atoms with van der Waals surface area (Å²) < 4.78 is 16.4. The molecule has 0 saturated carbocycles. The lowest BCUT2D eigenvalue weighted by atomic mass is 10.0. The Morgan fingerprint density at radius 2 is 1.02 bits per heavy atom. The van der Waals surface area contributed by atoms with Gasteiger partial charge in [0.05, 0.1) is 0 Å². The summed E-state index contributed by atoms with van der Waals surface area (Å²) in [5.74, 6) is -1.12. The molecule has 8 aromatic rings. The number of hydrogen-bond donors (Lipinski definition) is 4. The Morgan fingerprint density at radius 3 is 1.48 bits per heavy atom. The van der Waals surface area contributed by atoms with Crippen molar-refractivity contribution in [3.63, 3.8) is 0 Å². The molecule has 4 N–H and O–H groups in total. The minimum Gasteiger partial charge on any atom is -0.361 e. The van der Waals surface area contributed by atoms with Crippen LogP contribution in [-0.4, -0.2) is 30.9 Å². The molecule has 310 valence electrons. The van der Waals surface area contributed by atoms with Crippen molar-refractivity contribution in [1.29, 1.82) is 0 Å². The molecular formula is C50H49FN6O4. The van der Waals surface area contributed by atoms with Crippen LogP contribution in [-0.2, 0) is 26.2 Å². The lowest BCUT2D eigenvalue weighted by molar-refractivity contribution is 0.0940. The highest BCUT2D eigenvalue weighted by Crippen LogP contribution is 2.26. The van der Waals surface area contributed by atoms with Crippen molar-refractivity contribution in [3.8, 4) is 22.3 Å². The Bertz CT molecular complexity index is 2890. The number of rotatable bonds is 14. The number of aryl methyl sites for hydroxylation is 2. The molecule has 0 aliphatic carbocycles. The van der Waals surface area contributed by atoms with Gasteiger partial charge in [-0.3, -0.25) is 19.2 Å². The number of nitrogens with zero attached hydrogens (tertiary/aromatic N) is 2. The van der Waals surface area contributed by atoms with Gasteiger partial charge < -0.3 is 29.7 Å². The average molecular weight is 817 g/mol. The molecule has 0 atom stereocenters. The van der Waals surface area contributed by atoms with Crippen LogP contribution >= 0.6 is 0 Å². The number of benzene rings is 4. The third-order valence-corrected chi connectivity index (χ3v) is 10.6. The van der Waals surface area contributed by atoms with Gasteiger partial charge in [-0.05, 0) is 118 Å². The second-order valence-electron chi connectivity index (χ2n) is 15.0. The van der Waals surface area contributed by atoms with Crippen LogP contribution in [0, 0.1) is 5.82 Å². The van der Waals surface area contributed by atoms with E-state index in [1.54, 1.807) is 33.4 Å². The minimum absolute atomic E-state index is 0.102. The molecule has 2 amide bonds. The first-order valence-electron chi connectivity index (χ1n) is 20.7. The van der Waals surface area contributed by atoms with E-state index in [2.05, 4.69) is 40.5 Å². The maximum absolute atomic E-state index is 13.1. The molecule has 10 nitrogen and oxygen atoms in total. The van der Waals surface area contributed by atoms with Crippen molar-refractivity contribution < 1.29 is 14.0 Å². The van der Waals surface area contributed by atoms with Gasteiger partial charge in [0.2, 0.25) is 0 Å². The first kappa shape index (κ1) is 41.9. The molecule has 0 saturated heterocycles. The minimum atomic E-state index is -0.441. The summed E-state index contributed by atoms with van der Waals surface area (Å²) in [6, 6.07) is 35.0. The van der Waals surface area contributed by atoms with Crippen LogP contribution in [0.4, 0.5) is 4.39 Å². The smallest absolute Gasteiger partial charge is 0.263 e. The van der Waals surface area contributed by atoms with E-state index >= 15 is 0 Å². The molecule has 11 heteroatoms. The zero-order chi connectivity index (χ0) is 42.7. The van der Waals surface area contributed by atoms with Crippen LogP contribution < -0.4 is 21.8 Å². The van der Waals surface area contributed by atoms with Crippen molar-refractivity contribution in [2.45, 2.75) is 65.7 Å². The van der Waals surface area contributed by atoms with Crippen LogP contribution in [0.2, 0.25) is 0 Å². The summed E-state index contributed by atoms with van der Waals surface area (Å²) in [5, 5.41) is 7.82. The van der Waals surface area contributed by atoms with Gasteiger partial charge in [0.15, 0.2) is 0 Å². The highest BCUT2D eigenvalue weighted by molar-refractivity contribution is 5.96. The molecule has 0 bridgehead atoms. The molecule has 4 heterocycles. The average Bonchev–Trinajstić information content (AvgIpc) is 3.97. The normalized spacial score (nSPS) is 11.0. The number of pyridine rings is 2. The SMILES string of the molecule is CCCCn1cc(-c2ccc3[nH]ccc3c2)cc(C(=O)NCc2ccc(F)cc2)c1=O.CCCCn1cc(-c2ccc3[nH]ccc3c2)cc(C(=O)NCc2ccccc2)c1=O. The van der Waals surface area contributed by atoms with E-state index in [-0.39, 0.29) is 40.5 Å². The molecule has 0 radical (unpaired) electrons. The predicted molar refractivity (Wildman–Crippen MR) is 241 cm³/mol. The Kier molecular flexibility index (Phi) is 13.5. The monoisotopic (exact) mass is 816 g/mol. The van der Waals surface area contributed by atoms with Gasteiger partial charge in [-0.1, -0.05) is 81.3 Å². The van der Waals surface area contributed by atoms with E-state index in [1.165, 1.54) is 12.1 Å². The zero-order valence-corrected chi connectivity index (χ0v) is 34.3. The third kappa shape index (κ3) is 10.3. The van der Waals surface area contributed by atoms with Gasteiger partial charge in [0.1, 0.15) is 16.9 Å². The maximum Gasteiger partial charge on any atom is 0.263 e. The van der Waals surface area contributed by atoms with E-state index in [4.69, 9.17) is 0 Å². The number of aromatic amines is 2. The fourth-order valence-electron chi connectivity index (χ4n) is 7.12. The van der Waals surface area contributed by atoms with Gasteiger partial charge in [-0.15, -0.1) is 0 Å². The molecule has 8 rings (SSSR count). The van der Waals surface area contributed by atoms with Gasteiger partial charge in [-0.2, -0.15) is 0 Å².